The fourth-order valence-corrected chi connectivity index (χ4v) is 1.40. The minimum atomic E-state index is -2.81. The van der Waals surface area contributed by atoms with Crippen LogP contribution >= 0.6 is 0 Å². The van der Waals surface area contributed by atoms with E-state index in [0.717, 1.165) is 7.11 Å². The van der Waals surface area contributed by atoms with Crippen molar-refractivity contribution < 1.29 is 18.3 Å². The van der Waals surface area contributed by atoms with Crippen molar-refractivity contribution in [1.82, 2.24) is 4.98 Å². The van der Waals surface area contributed by atoms with Crippen LogP contribution in [-0.2, 0) is 22.5 Å². The van der Waals surface area contributed by atoms with Gasteiger partial charge in [-0.1, -0.05) is 0 Å². The van der Waals surface area contributed by atoms with Gasteiger partial charge in [-0.25, -0.2) is 13.8 Å². The zero-order valence-corrected chi connectivity index (χ0v) is 9.61. The van der Waals surface area contributed by atoms with E-state index in [1.54, 1.807) is 6.07 Å². The van der Waals surface area contributed by atoms with Crippen LogP contribution in [0.15, 0.2) is 6.07 Å². The maximum Gasteiger partial charge on any atom is 0.311 e. The van der Waals surface area contributed by atoms with E-state index in [4.69, 9.17) is 11.0 Å². The molecule has 1 aromatic rings. The Morgan fingerprint density at radius 2 is 2.33 bits per heavy atom. The standard InChI is InChI=1S/C11H11F2N3O2/c1-18-9(17)3-8-6(4-14)2-7(5-15)10(16-8)11(12)13/h2,11H,3,5,15H2,1H3. The predicted molar refractivity (Wildman–Crippen MR) is 57.5 cm³/mol. The largest absolute Gasteiger partial charge is 0.469 e. The summed E-state index contributed by atoms with van der Waals surface area (Å²) in [5, 5.41) is 8.88. The Labute approximate surface area is 102 Å². The molecule has 18 heavy (non-hydrogen) atoms. The van der Waals surface area contributed by atoms with Gasteiger partial charge in [-0.05, 0) is 11.6 Å². The van der Waals surface area contributed by atoms with Crippen LogP contribution < -0.4 is 5.73 Å². The molecule has 5 nitrogen and oxygen atoms in total. The first-order valence-corrected chi connectivity index (χ1v) is 5.01. The van der Waals surface area contributed by atoms with Gasteiger partial charge in [0.2, 0.25) is 0 Å². The second kappa shape index (κ2) is 6.02. The van der Waals surface area contributed by atoms with Crippen LogP contribution in [0.5, 0.6) is 0 Å². The number of methoxy groups -OCH3 is 1. The molecule has 0 aliphatic carbocycles. The molecule has 0 aliphatic heterocycles. The van der Waals surface area contributed by atoms with Crippen LogP contribution in [0.1, 0.15) is 28.9 Å². The monoisotopic (exact) mass is 255 g/mol. The van der Waals surface area contributed by atoms with Crippen molar-refractivity contribution in [2.24, 2.45) is 5.73 Å². The van der Waals surface area contributed by atoms with Gasteiger partial charge in [0.15, 0.2) is 0 Å². The van der Waals surface area contributed by atoms with E-state index in [2.05, 4.69) is 9.72 Å². The summed E-state index contributed by atoms with van der Waals surface area (Å²) < 4.78 is 29.9. The van der Waals surface area contributed by atoms with Crippen molar-refractivity contribution in [3.63, 3.8) is 0 Å². The van der Waals surface area contributed by atoms with E-state index in [0.29, 0.717) is 0 Å². The molecule has 0 fully saturated rings. The Morgan fingerprint density at radius 1 is 1.67 bits per heavy atom. The number of carbonyl (C=O) groups excluding carboxylic acids is 1. The number of nitrogens with two attached hydrogens (primary N) is 1. The molecule has 0 radical (unpaired) electrons. The molecule has 1 rings (SSSR count). The summed E-state index contributed by atoms with van der Waals surface area (Å²) in [6.07, 6.45) is -3.14. The Kier molecular flexibility index (Phi) is 4.68. The third kappa shape index (κ3) is 2.99. The molecule has 0 bridgehead atoms. The lowest BCUT2D eigenvalue weighted by Crippen LogP contribution is -2.12. The van der Waals surface area contributed by atoms with E-state index in [-0.39, 0.29) is 29.8 Å². The SMILES string of the molecule is COC(=O)Cc1nc(C(F)F)c(CN)cc1C#N. The van der Waals surface area contributed by atoms with Crippen molar-refractivity contribution in [3.8, 4) is 6.07 Å². The zero-order valence-electron chi connectivity index (χ0n) is 9.61. The van der Waals surface area contributed by atoms with Crippen molar-refractivity contribution in [1.29, 1.82) is 5.26 Å². The third-order valence-corrected chi connectivity index (χ3v) is 2.30. The molecular weight excluding hydrogens is 244 g/mol. The summed E-state index contributed by atoms with van der Waals surface area (Å²) >= 11 is 0. The summed E-state index contributed by atoms with van der Waals surface area (Å²) in [6.45, 7) is -0.153. The number of nitrogens with zero attached hydrogens (tertiary/aromatic N) is 2. The number of halogens is 2. The van der Waals surface area contributed by atoms with Gasteiger partial charge < -0.3 is 10.5 Å². The minimum Gasteiger partial charge on any atom is -0.469 e. The Bertz CT molecular complexity index is 498. The second-order valence-electron chi connectivity index (χ2n) is 3.40. The summed E-state index contributed by atoms with van der Waals surface area (Å²) in [5.41, 5.74) is 4.92. The molecule has 7 heteroatoms. The average Bonchev–Trinajstić information content (AvgIpc) is 2.37. The van der Waals surface area contributed by atoms with Crippen LogP contribution in [-0.4, -0.2) is 18.1 Å². The first-order chi connectivity index (χ1) is 8.53. The molecule has 1 aromatic heterocycles. The lowest BCUT2D eigenvalue weighted by atomic mass is 10.1. The number of ether oxygens (including phenoxy) is 1. The number of hydrogen-bond acceptors (Lipinski definition) is 5. The van der Waals surface area contributed by atoms with Gasteiger partial charge in [0, 0.05) is 6.54 Å². The summed E-state index contributed by atoms with van der Waals surface area (Å²) in [4.78, 5) is 14.7. The summed E-state index contributed by atoms with van der Waals surface area (Å²) in [7, 11) is 1.16. The van der Waals surface area contributed by atoms with E-state index >= 15 is 0 Å². The number of alkyl halides is 2. The lowest BCUT2D eigenvalue weighted by molar-refractivity contribution is -0.139. The molecule has 0 aromatic carbocycles. The third-order valence-electron chi connectivity index (χ3n) is 2.30. The molecule has 0 aliphatic rings. The number of carbonyl (C=O) groups is 1. The average molecular weight is 255 g/mol. The number of rotatable bonds is 4. The highest BCUT2D eigenvalue weighted by molar-refractivity contribution is 5.72. The molecular formula is C11H11F2N3O2. The maximum absolute atomic E-state index is 12.7. The van der Waals surface area contributed by atoms with Crippen molar-refractivity contribution >= 4 is 5.97 Å². The van der Waals surface area contributed by atoms with E-state index in [1.165, 1.54) is 6.07 Å². The molecule has 1 heterocycles. The van der Waals surface area contributed by atoms with Crippen LogP contribution in [0.3, 0.4) is 0 Å². The quantitative estimate of drug-likeness (QED) is 0.813. The number of aromatic nitrogens is 1. The van der Waals surface area contributed by atoms with Crippen LogP contribution in [0.25, 0.3) is 0 Å². The fraction of sp³-hybridized carbons (Fsp3) is 0.364. The summed E-state index contributed by atoms with van der Waals surface area (Å²) in [5.74, 6) is -0.653. The lowest BCUT2D eigenvalue weighted by Gasteiger charge is -2.10. The fourth-order valence-electron chi connectivity index (χ4n) is 1.40. The van der Waals surface area contributed by atoms with Gasteiger partial charge in [0.1, 0.15) is 11.8 Å². The maximum atomic E-state index is 12.7. The molecule has 0 unspecified atom stereocenters. The first kappa shape index (κ1) is 14.0. The number of nitriles is 1. The second-order valence-corrected chi connectivity index (χ2v) is 3.40. The number of pyridine rings is 1. The number of hydrogen-bond donors (Lipinski definition) is 1. The van der Waals surface area contributed by atoms with Crippen LogP contribution in [0, 0.1) is 11.3 Å². The van der Waals surface area contributed by atoms with Crippen LogP contribution in [0.4, 0.5) is 8.78 Å². The minimum absolute atomic E-state index is 0.0307. The summed E-state index contributed by atoms with van der Waals surface area (Å²) in [6, 6.07) is 3.02. The highest BCUT2D eigenvalue weighted by Crippen LogP contribution is 2.23. The van der Waals surface area contributed by atoms with E-state index in [1.807, 2.05) is 0 Å². The first-order valence-electron chi connectivity index (χ1n) is 5.01. The molecule has 0 atom stereocenters. The molecule has 0 saturated heterocycles. The van der Waals surface area contributed by atoms with Gasteiger partial charge in [0.25, 0.3) is 6.43 Å². The highest BCUT2D eigenvalue weighted by Gasteiger charge is 2.19. The predicted octanol–water partition coefficient (Wildman–Crippen LogP) is 1.07. The normalized spacial score (nSPS) is 10.2. The molecule has 0 spiro atoms. The van der Waals surface area contributed by atoms with Gasteiger partial charge in [-0.15, -0.1) is 0 Å². The smallest absolute Gasteiger partial charge is 0.311 e. The van der Waals surface area contributed by atoms with E-state index in [9.17, 15) is 13.6 Å². The molecule has 96 valence electrons. The Hall–Kier alpha value is -2.07. The topological polar surface area (TPSA) is 89.0 Å². The van der Waals surface area contributed by atoms with Gasteiger partial charge in [0.05, 0.1) is 24.8 Å². The van der Waals surface area contributed by atoms with Crippen molar-refractivity contribution in [2.45, 2.75) is 19.4 Å². The molecule has 2 N–H and O–H groups in total. The van der Waals surface area contributed by atoms with Crippen molar-refractivity contribution in [2.75, 3.05) is 7.11 Å². The zero-order chi connectivity index (χ0) is 13.7. The molecule has 0 amide bonds. The number of esters is 1. The van der Waals surface area contributed by atoms with E-state index < -0.39 is 18.1 Å². The molecule has 0 saturated carbocycles. The van der Waals surface area contributed by atoms with Gasteiger partial charge in [-0.3, -0.25) is 4.79 Å². The Morgan fingerprint density at radius 3 is 2.78 bits per heavy atom. The van der Waals surface area contributed by atoms with Crippen molar-refractivity contribution in [3.05, 3.63) is 28.6 Å². The van der Waals surface area contributed by atoms with Gasteiger partial charge in [-0.2, -0.15) is 5.26 Å². The highest BCUT2D eigenvalue weighted by atomic mass is 19.3. The van der Waals surface area contributed by atoms with Gasteiger partial charge >= 0.3 is 5.97 Å². The Balaban J connectivity index is 3.28. The van der Waals surface area contributed by atoms with Crippen LogP contribution in [0.2, 0.25) is 0 Å².